The lowest BCUT2D eigenvalue weighted by atomic mass is 9.82. The molecule has 0 bridgehead atoms. The largest absolute Gasteiger partial charge is 0.435 e. The van der Waals surface area contributed by atoms with Crippen molar-refractivity contribution in [3.8, 4) is 5.75 Å². The summed E-state index contributed by atoms with van der Waals surface area (Å²) in [6.45, 7) is -3.48. The lowest BCUT2D eigenvalue weighted by Gasteiger charge is -2.26. The maximum absolute atomic E-state index is 13.1. The van der Waals surface area contributed by atoms with Gasteiger partial charge >= 0.3 is 6.61 Å². The second-order valence-electron chi connectivity index (χ2n) is 6.09. The van der Waals surface area contributed by atoms with E-state index in [-0.39, 0.29) is 24.0 Å². The first-order valence-corrected chi connectivity index (χ1v) is 8.22. The van der Waals surface area contributed by atoms with Crippen molar-refractivity contribution < 1.29 is 22.7 Å². The molecular weight excluding hydrogens is 359 g/mol. The van der Waals surface area contributed by atoms with Crippen LogP contribution >= 0.6 is 0 Å². The van der Waals surface area contributed by atoms with E-state index in [1.807, 2.05) is 0 Å². The number of hydrogen-bond acceptors (Lipinski definition) is 4. The Morgan fingerprint density at radius 2 is 1.89 bits per heavy atom. The van der Waals surface area contributed by atoms with E-state index in [0.29, 0.717) is 16.7 Å². The number of rotatable bonds is 6. The van der Waals surface area contributed by atoms with E-state index in [1.54, 1.807) is 24.3 Å². The monoisotopic (exact) mass is 377 g/mol. The van der Waals surface area contributed by atoms with E-state index in [1.165, 1.54) is 36.2 Å². The van der Waals surface area contributed by atoms with Gasteiger partial charge in [0.2, 0.25) is 0 Å². The number of carbonyl (C=O) groups excluding carboxylic acids is 1. The molecule has 0 fully saturated rings. The van der Waals surface area contributed by atoms with Gasteiger partial charge in [0.15, 0.2) is 11.5 Å². The van der Waals surface area contributed by atoms with Crippen molar-refractivity contribution in [2.45, 2.75) is 18.6 Å². The average molecular weight is 377 g/mol. The number of guanidine groups is 1. The molecule has 1 amide bonds. The smallest absolute Gasteiger partial charge is 0.387 e. The number of carbonyl (C=O) groups is 1. The summed E-state index contributed by atoms with van der Waals surface area (Å²) in [4.78, 5) is 18.7. The molecule has 1 aliphatic heterocycles. The van der Waals surface area contributed by atoms with Gasteiger partial charge in [0.05, 0.1) is 6.67 Å². The zero-order chi connectivity index (χ0) is 19.6. The van der Waals surface area contributed by atoms with Crippen molar-refractivity contribution in [3.63, 3.8) is 0 Å². The molecule has 0 radical (unpaired) electrons. The Hall–Kier alpha value is -3.03. The number of alkyl halides is 3. The molecule has 0 spiro atoms. The fourth-order valence-corrected chi connectivity index (χ4v) is 3.12. The molecule has 1 atom stereocenters. The first-order chi connectivity index (χ1) is 12.9. The summed E-state index contributed by atoms with van der Waals surface area (Å²) < 4.78 is 41.9. The molecule has 1 heterocycles. The number of benzene rings is 2. The average Bonchev–Trinajstić information content (AvgIpc) is 2.87. The molecule has 27 heavy (non-hydrogen) atoms. The summed E-state index contributed by atoms with van der Waals surface area (Å²) in [5.41, 5.74) is 6.10. The van der Waals surface area contributed by atoms with Gasteiger partial charge in [-0.1, -0.05) is 36.4 Å². The Balaban J connectivity index is 2.13. The molecule has 2 aromatic rings. The highest BCUT2D eigenvalue weighted by Crippen LogP contribution is 2.40. The summed E-state index contributed by atoms with van der Waals surface area (Å²) in [5, 5.41) is 0. The quantitative estimate of drug-likeness (QED) is 0.842. The van der Waals surface area contributed by atoms with Crippen LogP contribution in [0.5, 0.6) is 5.75 Å². The van der Waals surface area contributed by atoms with Crippen LogP contribution in [0.25, 0.3) is 0 Å². The molecule has 8 heteroatoms. The van der Waals surface area contributed by atoms with Crippen molar-refractivity contribution >= 4 is 11.9 Å². The molecule has 142 valence electrons. The number of amides is 1. The number of likely N-dealkylation sites (N-methyl/N-ethyl adjacent to an activating group) is 1. The number of hydrogen-bond donors (Lipinski definition) is 1. The second kappa shape index (κ2) is 7.30. The van der Waals surface area contributed by atoms with Crippen LogP contribution in [-0.2, 0) is 16.8 Å². The Morgan fingerprint density at radius 3 is 2.44 bits per heavy atom. The van der Waals surface area contributed by atoms with Crippen LogP contribution in [0.3, 0.4) is 0 Å². The van der Waals surface area contributed by atoms with Gasteiger partial charge < -0.3 is 10.5 Å². The number of nitrogens with zero attached hydrogens (tertiary/aromatic N) is 2. The zero-order valence-electron chi connectivity index (χ0n) is 14.5. The number of nitrogens with two attached hydrogens (primary N) is 1. The third kappa shape index (κ3) is 3.34. The zero-order valence-corrected chi connectivity index (χ0v) is 14.5. The van der Waals surface area contributed by atoms with Gasteiger partial charge in [-0.3, -0.25) is 14.1 Å². The lowest BCUT2D eigenvalue weighted by Crippen LogP contribution is -2.41. The van der Waals surface area contributed by atoms with Gasteiger partial charge in [0.25, 0.3) is 5.91 Å². The normalized spacial score (nSPS) is 19.5. The Morgan fingerprint density at radius 1 is 1.19 bits per heavy atom. The van der Waals surface area contributed by atoms with E-state index in [4.69, 9.17) is 5.73 Å². The predicted octanol–water partition coefficient (Wildman–Crippen LogP) is 2.83. The molecule has 0 saturated carbocycles. The van der Waals surface area contributed by atoms with Gasteiger partial charge in [-0.25, -0.2) is 4.99 Å². The van der Waals surface area contributed by atoms with Gasteiger partial charge in [0.1, 0.15) is 5.75 Å². The van der Waals surface area contributed by atoms with Gasteiger partial charge in [-0.2, -0.15) is 8.78 Å². The van der Waals surface area contributed by atoms with E-state index in [2.05, 4.69) is 9.73 Å². The van der Waals surface area contributed by atoms with Crippen molar-refractivity contribution in [1.82, 2.24) is 4.90 Å². The van der Waals surface area contributed by atoms with Crippen LogP contribution in [0.2, 0.25) is 0 Å². The van der Waals surface area contributed by atoms with Crippen LogP contribution in [0.1, 0.15) is 16.7 Å². The third-order valence-electron chi connectivity index (χ3n) is 4.47. The molecule has 5 nitrogen and oxygen atoms in total. The van der Waals surface area contributed by atoms with E-state index in [0.717, 1.165) is 0 Å². The molecule has 2 N–H and O–H groups in total. The van der Waals surface area contributed by atoms with Crippen LogP contribution in [0, 0.1) is 0 Å². The van der Waals surface area contributed by atoms with E-state index in [9.17, 15) is 18.0 Å². The molecular formula is C19H18F3N3O2. The highest BCUT2D eigenvalue weighted by molar-refractivity contribution is 6.08. The van der Waals surface area contributed by atoms with E-state index >= 15 is 0 Å². The minimum atomic E-state index is -2.95. The summed E-state index contributed by atoms with van der Waals surface area (Å²) in [6.07, 6.45) is 0.203. The maximum Gasteiger partial charge on any atom is 0.387 e. The molecule has 0 aliphatic carbocycles. The molecule has 1 unspecified atom stereocenters. The minimum Gasteiger partial charge on any atom is -0.435 e. The number of halogens is 3. The van der Waals surface area contributed by atoms with Crippen LogP contribution in [0.15, 0.2) is 53.5 Å². The highest BCUT2D eigenvalue weighted by atomic mass is 19.3. The Labute approximate surface area is 154 Å². The first kappa shape index (κ1) is 18.8. The van der Waals surface area contributed by atoms with Crippen molar-refractivity contribution in [2.75, 3.05) is 13.7 Å². The molecule has 0 saturated heterocycles. The summed E-state index contributed by atoms with van der Waals surface area (Å²) >= 11 is 0. The standard InChI is InChI=1S/C19H18F3N3O2/c1-25-16(26)19(24-18(25)23,14-4-2-3-12(11-14)9-10-20)13-5-7-15(8-6-13)27-17(21)22/h2-8,11,17H,9-10H2,1H3,(H2,23,24). The van der Waals surface area contributed by atoms with Crippen molar-refractivity contribution in [3.05, 3.63) is 65.2 Å². The summed E-state index contributed by atoms with van der Waals surface area (Å²) in [7, 11) is 1.50. The second-order valence-corrected chi connectivity index (χ2v) is 6.09. The first-order valence-electron chi connectivity index (χ1n) is 8.22. The highest BCUT2D eigenvalue weighted by Gasteiger charge is 2.49. The maximum atomic E-state index is 13.1. The number of aryl methyl sites for hydroxylation is 1. The van der Waals surface area contributed by atoms with Gasteiger partial charge in [-0.05, 0) is 28.8 Å². The molecule has 2 aromatic carbocycles. The Kier molecular flexibility index (Phi) is 5.07. The predicted molar refractivity (Wildman–Crippen MR) is 94.4 cm³/mol. The van der Waals surface area contributed by atoms with Crippen molar-refractivity contribution in [1.29, 1.82) is 0 Å². The van der Waals surface area contributed by atoms with Gasteiger partial charge in [-0.15, -0.1) is 0 Å². The van der Waals surface area contributed by atoms with Gasteiger partial charge in [0, 0.05) is 13.5 Å². The third-order valence-corrected chi connectivity index (χ3v) is 4.47. The summed E-state index contributed by atoms with van der Waals surface area (Å²) in [6, 6.07) is 12.6. The minimum absolute atomic E-state index is 0.0313. The SMILES string of the molecule is CN1C(=O)C(c2ccc(OC(F)F)cc2)(c2cccc(CCF)c2)N=C1N. The number of aliphatic imine (C=N–C) groups is 1. The fourth-order valence-electron chi connectivity index (χ4n) is 3.12. The van der Waals surface area contributed by atoms with E-state index < -0.39 is 18.8 Å². The molecule has 0 aromatic heterocycles. The topological polar surface area (TPSA) is 67.9 Å². The number of ether oxygens (including phenoxy) is 1. The molecule has 1 aliphatic rings. The Bertz CT molecular complexity index is 871. The lowest BCUT2D eigenvalue weighted by molar-refractivity contribution is -0.129. The molecule has 3 rings (SSSR count). The van der Waals surface area contributed by atoms with Crippen LogP contribution in [0.4, 0.5) is 13.2 Å². The van der Waals surface area contributed by atoms with Crippen LogP contribution < -0.4 is 10.5 Å². The van der Waals surface area contributed by atoms with Crippen molar-refractivity contribution in [2.24, 2.45) is 10.7 Å². The van der Waals surface area contributed by atoms with Crippen LogP contribution in [-0.4, -0.2) is 37.1 Å². The summed E-state index contributed by atoms with van der Waals surface area (Å²) in [5.74, 6) is -0.394. The fraction of sp³-hybridized carbons (Fsp3) is 0.263.